The number of carbonyl (C=O) groups is 2. The van der Waals surface area contributed by atoms with Gasteiger partial charge in [0.2, 0.25) is 5.91 Å². The third kappa shape index (κ3) is 6.16. The molecule has 0 bridgehead atoms. The number of ether oxygens (including phenoxy) is 1. The number of anilines is 2. The van der Waals surface area contributed by atoms with Crippen LogP contribution in [0.5, 0.6) is 5.75 Å². The van der Waals surface area contributed by atoms with Gasteiger partial charge in [0, 0.05) is 30.0 Å². The summed E-state index contributed by atoms with van der Waals surface area (Å²) in [5.74, 6) is 0.563. The van der Waals surface area contributed by atoms with E-state index in [1.807, 2.05) is 13.8 Å². The van der Waals surface area contributed by atoms with Crippen molar-refractivity contribution in [3.63, 3.8) is 0 Å². The van der Waals surface area contributed by atoms with Crippen molar-refractivity contribution in [2.45, 2.75) is 13.8 Å². The molecular formula is C22H27N3O3. The molecule has 0 aliphatic heterocycles. The first-order valence-corrected chi connectivity index (χ1v) is 9.34. The van der Waals surface area contributed by atoms with Crippen LogP contribution in [-0.2, 0) is 4.79 Å². The molecule has 0 aliphatic carbocycles. The van der Waals surface area contributed by atoms with Crippen molar-refractivity contribution in [2.24, 2.45) is 0 Å². The predicted octanol–water partition coefficient (Wildman–Crippen LogP) is 3.78. The standard InChI is InChI=1S/C22H27N3O3/c1-4-15-28-20-13-11-19(12-14-20)24-21(26)16-23-18-9-7-17(8-10-18)22(27)25(5-2)6-3/h4,7-14,23H,1,5-6,15-16H2,2-3H3,(H,24,26). The Morgan fingerprint density at radius 2 is 1.61 bits per heavy atom. The first-order valence-electron chi connectivity index (χ1n) is 9.34. The molecule has 0 radical (unpaired) electrons. The number of amides is 2. The summed E-state index contributed by atoms with van der Waals surface area (Å²) < 4.78 is 5.41. The lowest BCUT2D eigenvalue weighted by molar-refractivity contribution is -0.114. The number of rotatable bonds is 10. The summed E-state index contributed by atoms with van der Waals surface area (Å²) in [4.78, 5) is 26.2. The summed E-state index contributed by atoms with van der Waals surface area (Å²) in [5, 5.41) is 5.87. The zero-order chi connectivity index (χ0) is 20.4. The van der Waals surface area contributed by atoms with E-state index < -0.39 is 0 Å². The molecule has 0 fully saturated rings. The summed E-state index contributed by atoms with van der Waals surface area (Å²) in [7, 11) is 0. The van der Waals surface area contributed by atoms with Crippen LogP contribution in [0.3, 0.4) is 0 Å². The molecule has 0 atom stereocenters. The van der Waals surface area contributed by atoms with Crippen LogP contribution in [-0.4, -0.2) is 43.0 Å². The Labute approximate surface area is 166 Å². The van der Waals surface area contributed by atoms with Gasteiger partial charge in [-0.05, 0) is 62.4 Å². The molecule has 2 aromatic carbocycles. The van der Waals surface area contributed by atoms with Gasteiger partial charge < -0.3 is 20.3 Å². The molecule has 0 saturated heterocycles. The molecule has 6 nitrogen and oxygen atoms in total. The smallest absolute Gasteiger partial charge is 0.253 e. The second-order valence-corrected chi connectivity index (χ2v) is 6.08. The van der Waals surface area contributed by atoms with E-state index >= 15 is 0 Å². The maximum atomic E-state index is 12.3. The fraction of sp³-hybridized carbons (Fsp3) is 0.273. The van der Waals surface area contributed by atoms with E-state index in [4.69, 9.17) is 4.74 Å². The van der Waals surface area contributed by atoms with Crippen LogP contribution in [0.1, 0.15) is 24.2 Å². The lowest BCUT2D eigenvalue weighted by Gasteiger charge is -2.18. The molecule has 0 unspecified atom stereocenters. The van der Waals surface area contributed by atoms with Gasteiger partial charge in [-0.1, -0.05) is 12.7 Å². The molecular weight excluding hydrogens is 354 g/mol. The quantitative estimate of drug-likeness (QED) is 0.615. The van der Waals surface area contributed by atoms with Gasteiger partial charge in [0.15, 0.2) is 0 Å². The lowest BCUT2D eigenvalue weighted by atomic mass is 10.1. The van der Waals surface area contributed by atoms with Crippen molar-refractivity contribution in [3.8, 4) is 5.75 Å². The van der Waals surface area contributed by atoms with Gasteiger partial charge in [0.05, 0.1) is 6.54 Å². The summed E-state index contributed by atoms with van der Waals surface area (Å²) in [6.07, 6.45) is 1.67. The topological polar surface area (TPSA) is 70.7 Å². The van der Waals surface area contributed by atoms with Crippen LogP contribution in [0.2, 0.25) is 0 Å². The molecule has 28 heavy (non-hydrogen) atoms. The van der Waals surface area contributed by atoms with Crippen LogP contribution >= 0.6 is 0 Å². The lowest BCUT2D eigenvalue weighted by Crippen LogP contribution is -2.30. The van der Waals surface area contributed by atoms with E-state index in [-0.39, 0.29) is 18.4 Å². The summed E-state index contributed by atoms with van der Waals surface area (Å²) >= 11 is 0. The highest BCUT2D eigenvalue weighted by atomic mass is 16.5. The second-order valence-electron chi connectivity index (χ2n) is 6.08. The number of hydrogen-bond acceptors (Lipinski definition) is 4. The largest absolute Gasteiger partial charge is 0.490 e. The van der Waals surface area contributed by atoms with Crippen LogP contribution in [0.25, 0.3) is 0 Å². The average Bonchev–Trinajstić information content (AvgIpc) is 2.73. The zero-order valence-corrected chi connectivity index (χ0v) is 16.4. The van der Waals surface area contributed by atoms with Gasteiger partial charge in [0.1, 0.15) is 12.4 Å². The molecule has 148 valence electrons. The summed E-state index contributed by atoms with van der Waals surface area (Å²) in [6, 6.07) is 14.3. The predicted molar refractivity (Wildman–Crippen MR) is 113 cm³/mol. The van der Waals surface area contributed by atoms with E-state index in [2.05, 4.69) is 17.2 Å². The Balaban J connectivity index is 1.83. The maximum absolute atomic E-state index is 12.3. The van der Waals surface area contributed by atoms with Crippen molar-refractivity contribution in [2.75, 3.05) is 36.9 Å². The number of benzene rings is 2. The SMILES string of the molecule is C=CCOc1ccc(NC(=O)CNc2ccc(C(=O)N(CC)CC)cc2)cc1. The minimum Gasteiger partial charge on any atom is -0.490 e. The highest BCUT2D eigenvalue weighted by molar-refractivity contribution is 5.95. The van der Waals surface area contributed by atoms with Crippen LogP contribution in [0.15, 0.2) is 61.2 Å². The minimum atomic E-state index is -0.164. The Morgan fingerprint density at radius 3 is 2.18 bits per heavy atom. The first kappa shape index (κ1) is 21.0. The number of carbonyl (C=O) groups excluding carboxylic acids is 2. The molecule has 2 N–H and O–H groups in total. The fourth-order valence-electron chi connectivity index (χ4n) is 2.60. The first-order chi connectivity index (χ1) is 13.6. The molecule has 2 aromatic rings. The van der Waals surface area contributed by atoms with Gasteiger partial charge in [-0.3, -0.25) is 9.59 Å². The molecule has 0 spiro atoms. The van der Waals surface area contributed by atoms with Crippen LogP contribution in [0, 0.1) is 0 Å². The number of nitrogens with zero attached hydrogens (tertiary/aromatic N) is 1. The third-order valence-corrected chi connectivity index (χ3v) is 4.14. The van der Waals surface area contributed by atoms with E-state index in [0.717, 1.165) is 11.4 Å². The fourth-order valence-corrected chi connectivity index (χ4v) is 2.60. The van der Waals surface area contributed by atoms with Gasteiger partial charge in [-0.2, -0.15) is 0 Å². The van der Waals surface area contributed by atoms with Crippen LogP contribution in [0.4, 0.5) is 11.4 Å². The molecule has 0 aliphatic rings. The number of nitrogens with one attached hydrogen (secondary N) is 2. The highest BCUT2D eigenvalue weighted by Crippen LogP contribution is 2.16. The van der Waals surface area contributed by atoms with E-state index in [1.54, 1.807) is 59.5 Å². The van der Waals surface area contributed by atoms with Crippen molar-refractivity contribution in [3.05, 3.63) is 66.7 Å². The Kier molecular flexibility index (Phi) is 8.09. The Bertz CT molecular complexity index is 782. The van der Waals surface area contributed by atoms with Crippen LogP contribution < -0.4 is 15.4 Å². The average molecular weight is 381 g/mol. The van der Waals surface area contributed by atoms with E-state index in [9.17, 15) is 9.59 Å². The normalized spacial score (nSPS) is 10.1. The monoisotopic (exact) mass is 381 g/mol. The number of hydrogen-bond donors (Lipinski definition) is 2. The van der Waals surface area contributed by atoms with Gasteiger partial charge in [-0.15, -0.1) is 0 Å². The zero-order valence-electron chi connectivity index (χ0n) is 16.4. The third-order valence-electron chi connectivity index (χ3n) is 4.14. The maximum Gasteiger partial charge on any atom is 0.253 e. The van der Waals surface area contributed by atoms with Crippen molar-refractivity contribution in [1.29, 1.82) is 0 Å². The van der Waals surface area contributed by atoms with Gasteiger partial charge in [0.25, 0.3) is 5.91 Å². The van der Waals surface area contributed by atoms with Crippen molar-refractivity contribution in [1.82, 2.24) is 4.90 Å². The molecule has 0 heterocycles. The molecule has 0 aromatic heterocycles. The molecule has 6 heteroatoms. The Hall–Kier alpha value is -3.28. The van der Waals surface area contributed by atoms with E-state index in [0.29, 0.717) is 30.9 Å². The van der Waals surface area contributed by atoms with E-state index in [1.165, 1.54) is 0 Å². The van der Waals surface area contributed by atoms with Gasteiger partial charge >= 0.3 is 0 Å². The summed E-state index contributed by atoms with van der Waals surface area (Å²) in [5.41, 5.74) is 2.11. The molecule has 2 amide bonds. The Morgan fingerprint density at radius 1 is 1.00 bits per heavy atom. The second kappa shape index (κ2) is 10.8. The van der Waals surface area contributed by atoms with Gasteiger partial charge in [-0.25, -0.2) is 0 Å². The van der Waals surface area contributed by atoms with Crippen molar-refractivity contribution < 1.29 is 14.3 Å². The van der Waals surface area contributed by atoms with Crippen molar-refractivity contribution >= 4 is 23.2 Å². The molecule has 2 rings (SSSR count). The minimum absolute atomic E-state index is 0.00908. The molecule has 0 saturated carbocycles. The highest BCUT2D eigenvalue weighted by Gasteiger charge is 2.12. The summed E-state index contributed by atoms with van der Waals surface area (Å²) in [6.45, 7) is 9.43.